The van der Waals surface area contributed by atoms with Crippen LogP contribution in [-0.4, -0.2) is 34.0 Å². The number of amides is 2. The SMILES string of the molecule is Cc1ccc(-c2csc(NC(=O)/C=C/c3ccco3)c2C(=O)O)cc1.O=C(/C=C/c1ccco1)Nc1scc(-c2ccc(Br)cc2)c1C(=O)O. The molecular formula is C37H27BrN2O8S2. The molecule has 4 N–H and O–H groups in total. The Balaban J connectivity index is 0.000000194. The molecule has 0 radical (unpaired) electrons. The fraction of sp³-hybridized carbons (Fsp3) is 0.0270. The number of carboxylic acids is 2. The number of furan rings is 2. The summed E-state index contributed by atoms with van der Waals surface area (Å²) in [7, 11) is 0. The first kappa shape index (κ1) is 35.5. The summed E-state index contributed by atoms with van der Waals surface area (Å²) < 4.78 is 11.1. The molecule has 0 saturated heterocycles. The summed E-state index contributed by atoms with van der Waals surface area (Å²) in [6.07, 6.45) is 8.64. The first-order valence-corrected chi connectivity index (χ1v) is 17.2. The van der Waals surface area contributed by atoms with Crippen LogP contribution in [0.3, 0.4) is 0 Å². The maximum absolute atomic E-state index is 12.0. The van der Waals surface area contributed by atoms with Gasteiger partial charge in [-0.15, -0.1) is 22.7 Å². The molecule has 0 bridgehead atoms. The molecule has 0 atom stereocenters. The van der Waals surface area contributed by atoms with Crippen molar-refractivity contribution in [2.45, 2.75) is 6.92 Å². The Morgan fingerprint density at radius 3 is 1.46 bits per heavy atom. The highest BCUT2D eigenvalue weighted by atomic mass is 79.9. The molecule has 0 aliphatic carbocycles. The first-order valence-electron chi connectivity index (χ1n) is 14.7. The second-order valence-corrected chi connectivity index (χ2v) is 13.0. The molecule has 2 aromatic carbocycles. The normalized spacial score (nSPS) is 10.9. The number of anilines is 2. The molecule has 0 aliphatic rings. The number of carboxylic acid groups (broad SMARTS) is 2. The van der Waals surface area contributed by atoms with Gasteiger partial charge in [0.2, 0.25) is 11.8 Å². The van der Waals surface area contributed by atoms with Crippen LogP contribution in [-0.2, 0) is 9.59 Å². The number of hydrogen-bond donors (Lipinski definition) is 4. The van der Waals surface area contributed by atoms with Gasteiger partial charge in [0.05, 0.1) is 12.5 Å². The molecule has 13 heteroatoms. The van der Waals surface area contributed by atoms with Crippen LogP contribution < -0.4 is 10.6 Å². The molecule has 4 heterocycles. The summed E-state index contributed by atoms with van der Waals surface area (Å²) in [4.78, 5) is 47.5. The van der Waals surface area contributed by atoms with E-state index in [1.165, 1.54) is 59.5 Å². The molecule has 0 unspecified atom stereocenters. The highest BCUT2D eigenvalue weighted by molar-refractivity contribution is 9.10. The summed E-state index contributed by atoms with van der Waals surface area (Å²) in [5.41, 5.74) is 3.97. The average Bonchev–Trinajstić information content (AvgIpc) is 3.92. The fourth-order valence-electron chi connectivity index (χ4n) is 4.51. The Bertz CT molecular complexity index is 2000. The highest BCUT2D eigenvalue weighted by Gasteiger charge is 2.22. The molecule has 50 heavy (non-hydrogen) atoms. The van der Waals surface area contributed by atoms with Gasteiger partial charge in [0.15, 0.2) is 0 Å². The van der Waals surface area contributed by atoms with E-state index in [0.717, 1.165) is 21.2 Å². The molecule has 0 spiro atoms. The van der Waals surface area contributed by atoms with E-state index in [1.54, 1.807) is 35.0 Å². The number of hydrogen-bond acceptors (Lipinski definition) is 8. The lowest BCUT2D eigenvalue weighted by molar-refractivity contribution is -0.112. The van der Waals surface area contributed by atoms with Crippen molar-refractivity contribution < 1.29 is 38.2 Å². The number of carbonyl (C=O) groups excluding carboxylic acids is 2. The molecule has 2 amide bonds. The molecule has 0 saturated carbocycles. The minimum Gasteiger partial charge on any atom is -0.478 e. The fourth-order valence-corrected chi connectivity index (χ4v) is 6.70. The van der Waals surface area contributed by atoms with E-state index >= 15 is 0 Å². The smallest absolute Gasteiger partial charge is 0.339 e. The lowest BCUT2D eigenvalue weighted by atomic mass is 10.0. The van der Waals surface area contributed by atoms with E-state index in [-0.39, 0.29) is 11.1 Å². The maximum Gasteiger partial charge on any atom is 0.339 e. The Kier molecular flexibility index (Phi) is 11.8. The van der Waals surface area contributed by atoms with Crippen molar-refractivity contribution in [2.24, 2.45) is 0 Å². The minimum absolute atomic E-state index is 0.0760. The predicted octanol–water partition coefficient (Wildman–Crippen LogP) is 9.79. The number of aryl methyl sites for hydroxylation is 1. The topological polar surface area (TPSA) is 159 Å². The van der Waals surface area contributed by atoms with Gasteiger partial charge >= 0.3 is 11.9 Å². The third kappa shape index (κ3) is 9.23. The van der Waals surface area contributed by atoms with Gasteiger partial charge in [-0.25, -0.2) is 9.59 Å². The molecular weight excluding hydrogens is 744 g/mol. The molecule has 4 aromatic heterocycles. The van der Waals surface area contributed by atoms with Gasteiger partial charge < -0.3 is 29.7 Å². The van der Waals surface area contributed by atoms with Gasteiger partial charge in [-0.2, -0.15) is 0 Å². The van der Waals surface area contributed by atoms with Crippen molar-refractivity contribution in [3.63, 3.8) is 0 Å². The molecule has 0 aliphatic heterocycles. The zero-order valence-corrected chi connectivity index (χ0v) is 29.3. The van der Waals surface area contributed by atoms with Crippen LogP contribution in [0, 0.1) is 6.92 Å². The van der Waals surface area contributed by atoms with Crippen molar-refractivity contribution in [2.75, 3.05) is 10.6 Å². The van der Waals surface area contributed by atoms with Crippen molar-refractivity contribution in [1.29, 1.82) is 0 Å². The number of benzene rings is 2. The van der Waals surface area contributed by atoms with Gasteiger partial charge in [0, 0.05) is 38.5 Å². The van der Waals surface area contributed by atoms with Crippen LogP contribution >= 0.6 is 38.6 Å². The van der Waals surface area contributed by atoms with Crippen LogP contribution in [0.2, 0.25) is 0 Å². The lowest BCUT2D eigenvalue weighted by Gasteiger charge is -2.04. The molecule has 252 valence electrons. The molecule has 6 rings (SSSR count). The predicted molar refractivity (Wildman–Crippen MR) is 199 cm³/mol. The van der Waals surface area contributed by atoms with Gasteiger partial charge in [-0.05, 0) is 66.6 Å². The number of rotatable bonds is 10. The lowest BCUT2D eigenvalue weighted by Crippen LogP contribution is -2.10. The van der Waals surface area contributed by atoms with Crippen molar-refractivity contribution in [3.05, 3.63) is 141 Å². The zero-order chi connectivity index (χ0) is 35.6. The monoisotopic (exact) mass is 770 g/mol. The minimum atomic E-state index is -1.09. The van der Waals surface area contributed by atoms with E-state index in [4.69, 9.17) is 8.83 Å². The number of carbonyl (C=O) groups is 4. The molecule has 0 fully saturated rings. The Morgan fingerprint density at radius 1 is 0.660 bits per heavy atom. The van der Waals surface area contributed by atoms with Crippen LogP contribution in [0.25, 0.3) is 34.4 Å². The van der Waals surface area contributed by atoms with E-state index < -0.39 is 23.8 Å². The Morgan fingerprint density at radius 2 is 1.08 bits per heavy atom. The van der Waals surface area contributed by atoms with E-state index in [1.807, 2.05) is 55.5 Å². The second-order valence-electron chi connectivity index (χ2n) is 10.4. The summed E-state index contributed by atoms with van der Waals surface area (Å²) in [5, 5.41) is 28.4. The number of halogens is 1. The highest BCUT2D eigenvalue weighted by Crippen LogP contribution is 2.37. The first-order chi connectivity index (χ1) is 24.1. The van der Waals surface area contributed by atoms with Gasteiger partial charge in [-0.3, -0.25) is 9.59 Å². The van der Waals surface area contributed by atoms with Crippen molar-refractivity contribution in [3.8, 4) is 22.3 Å². The van der Waals surface area contributed by atoms with Crippen LogP contribution in [0.1, 0.15) is 37.8 Å². The van der Waals surface area contributed by atoms with E-state index in [2.05, 4.69) is 26.6 Å². The summed E-state index contributed by atoms with van der Waals surface area (Å²) in [5.74, 6) is -1.94. The van der Waals surface area contributed by atoms with E-state index in [0.29, 0.717) is 32.6 Å². The van der Waals surface area contributed by atoms with Gasteiger partial charge in [-0.1, -0.05) is 57.9 Å². The van der Waals surface area contributed by atoms with E-state index in [9.17, 15) is 29.4 Å². The average molecular weight is 772 g/mol. The summed E-state index contributed by atoms with van der Waals surface area (Å²) in [6, 6.07) is 21.7. The zero-order valence-electron chi connectivity index (χ0n) is 26.1. The molecule has 10 nitrogen and oxygen atoms in total. The van der Waals surface area contributed by atoms with Gasteiger partial charge in [0.25, 0.3) is 0 Å². The van der Waals surface area contributed by atoms with Crippen molar-refractivity contribution in [1.82, 2.24) is 0 Å². The number of aromatic carboxylic acids is 2. The third-order valence-electron chi connectivity index (χ3n) is 6.89. The largest absolute Gasteiger partial charge is 0.478 e. The van der Waals surface area contributed by atoms with Gasteiger partial charge in [0.1, 0.15) is 32.6 Å². The molecule has 6 aromatic rings. The second kappa shape index (κ2) is 16.6. The third-order valence-corrected chi connectivity index (χ3v) is 9.20. The standard InChI is InChI=1S/C19H15NO4S.C18H12BrNO4S/c1-12-4-6-13(7-5-12)15-11-25-18(17(15)19(22)23)20-16(21)9-8-14-3-2-10-24-14;19-12-5-3-11(4-6-12)14-10-25-17(16(14)18(22)23)20-15(21)8-7-13-2-1-9-24-13/h2-11H,1H3,(H,20,21)(H,22,23);1-10H,(H,20,21)(H,22,23)/b9-8+;8-7+. The van der Waals surface area contributed by atoms with Crippen LogP contribution in [0.15, 0.2) is 122 Å². The quantitative estimate of drug-likeness (QED) is 0.100. The maximum atomic E-state index is 12.0. The summed E-state index contributed by atoms with van der Waals surface area (Å²) >= 11 is 5.71. The van der Waals surface area contributed by atoms with Crippen LogP contribution in [0.5, 0.6) is 0 Å². The Labute approximate surface area is 302 Å². The van der Waals surface area contributed by atoms with Crippen LogP contribution in [0.4, 0.5) is 10.0 Å². The summed E-state index contributed by atoms with van der Waals surface area (Å²) in [6.45, 7) is 1.96. The van der Waals surface area contributed by atoms with Crippen molar-refractivity contribution >= 4 is 84.5 Å². The Hall–Kier alpha value is -5.76. The number of thiophene rings is 2. The number of nitrogens with one attached hydrogen (secondary N) is 2.